The van der Waals surface area contributed by atoms with Crippen LogP contribution >= 0.6 is 0 Å². The first-order chi connectivity index (χ1) is 13.2. The van der Waals surface area contributed by atoms with Gasteiger partial charge in [0.2, 0.25) is 0 Å². The first-order valence-electron chi connectivity index (χ1n) is 9.54. The standard InChI is InChI=1S/C20H28N4O3/c1-2-8-24-14-18(12-22-24)11-21-13-19-15-23(9-10-26-19)20(25)27-16-17-6-4-3-5-7-17/h3-7,12,14,19,21H,2,8-11,13,15-16H2,1H3. The molecule has 0 saturated carbocycles. The van der Waals surface area contributed by atoms with Crippen LogP contribution in [0.2, 0.25) is 0 Å². The third kappa shape index (κ3) is 6.08. The molecule has 1 aliphatic rings. The van der Waals surface area contributed by atoms with Crippen LogP contribution in [-0.2, 0) is 29.2 Å². The van der Waals surface area contributed by atoms with Crippen LogP contribution in [0.25, 0.3) is 0 Å². The topological polar surface area (TPSA) is 68.6 Å². The quantitative estimate of drug-likeness (QED) is 0.771. The Hall–Kier alpha value is -2.38. The summed E-state index contributed by atoms with van der Waals surface area (Å²) in [6, 6.07) is 9.71. The minimum atomic E-state index is -0.284. The maximum atomic E-state index is 12.3. The summed E-state index contributed by atoms with van der Waals surface area (Å²) in [4.78, 5) is 14.0. The molecule has 1 fully saturated rings. The van der Waals surface area contributed by atoms with Crippen molar-refractivity contribution in [2.24, 2.45) is 0 Å². The lowest BCUT2D eigenvalue weighted by Crippen LogP contribution is -2.49. The van der Waals surface area contributed by atoms with Gasteiger partial charge in [0.25, 0.3) is 0 Å². The number of nitrogens with zero attached hydrogens (tertiary/aromatic N) is 3. The van der Waals surface area contributed by atoms with Gasteiger partial charge in [-0.15, -0.1) is 0 Å². The number of carbonyl (C=O) groups is 1. The molecule has 1 aromatic heterocycles. The zero-order valence-corrected chi connectivity index (χ0v) is 15.8. The van der Waals surface area contributed by atoms with Crippen molar-refractivity contribution >= 4 is 6.09 Å². The van der Waals surface area contributed by atoms with Gasteiger partial charge < -0.3 is 19.7 Å². The largest absolute Gasteiger partial charge is 0.445 e. The highest BCUT2D eigenvalue weighted by Crippen LogP contribution is 2.09. The zero-order chi connectivity index (χ0) is 18.9. The number of hydrogen-bond acceptors (Lipinski definition) is 5. The van der Waals surface area contributed by atoms with E-state index in [1.165, 1.54) is 0 Å². The number of rotatable bonds is 8. The van der Waals surface area contributed by atoms with E-state index in [2.05, 4.69) is 23.5 Å². The number of carbonyl (C=O) groups excluding carboxylic acids is 1. The van der Waals surface area contributed by atoms with Crippen LogP contribution in [0, 0.1) is 0 Å². The lowest BCUT2D eigenvalue weighted by atomic mass is 10.2. The highest BCUT2D eigenvalue weighted by atomic mass is 16.6. The minimum absolute atomic E-state index is 0.0336. The second kappa shape index (κ2) is 10.1. The van der Waals surface area contributed by atoms with Crippen molar-refractivity contribution in [3.05, 3.63) is 53.9 Å². The average molecular weight is 372 g/mol. The van der Waals surface area contributed by atoms with Crippen LogP contribution in [0.15, 0.2) is 42.7 Å². The van der Waals surface area contributed by atoms with Crippen LogP contribution in [0.5, 0.6) is 0 Å². The average Bonchev–Trinajstić information content (AvgIpc) is 3.15. The van der Waals surface area contributed by atoms with Crippen molar-refractivity contribution < 1.29 is 14.3 Å². The van der Waals surface area contributed by atoms with Crippen molar-refractivity contribution in [1.29, 1.82) is 0 Å². The number of aryl methyl sites for hydroxylation is 1. The molecule has 0 bridgehead atoms. The molecule has 1 aromatic carbocycles. The first-order valence-corrected chi connectivity index (χ1v) is 9.54. The summed E-state index contributed by atoms with van der Waals surface area (Å²) in [6.45, 7) is 6.42. The molecule has 0 radical (unpaired) electrons. The third-order valence-electron chi connectivity index (χ3n) is 4.44. The number of aromatic nitrogens is 2. The molecule has 0 aliphatic carbocycles. The number of nitrogens with one attached hydrogen (secondary N) is 1. The van der Waals surface area contributed by atoms with Gasteiger partial charge in [-0.1, -0.05) is 37.3 Å². The number of ether oxygens (including phenoxy) is 2. The Kier molecular flexibility index (Phi) is 7.24. The fraction of sp³-hybridized carbons (Fsp3) is 0.500. The van der Waals surface area contributed by atoms with Gasteiger partial charge in [-0.25, -0.2) is 4.79 Å². The summed E-state index contributed by atoms with van der Waals surface area (Å²) in [6.07, 6.45) is 4.70. The van der Waals surface area contributed by atoms with Gasteiger partial charge in [0, 0.05) is 37.9 Å². The van der Waals surface area contributed by atoms with E-state index in [1.807, 2.05) is 41.2 Å². The monoisotopic (exact) mass is 372 g/mol. The SMILES string of the molecule is CCCn1cc(CNCC2CN(C(=O)OCc3ccccc3)CCO2)cn1. The Balaban J connectivity index is 1.38. The van der Waals surface area contributed by atoms with Crippen molar-refractivity contribution in [2.45, 2.75) is 39.1 Å². The van der Waals surface area contributed by atoms with E-state index in [9.17, 15) is 4.79 Å². The number of benzene rings is 1. The van der Waals surface area contributed by atoms with Gasteiger partial charge in [-0.3, -0.25) is 4.68 Å². The van der Waals surface area contributed by atoms with E-state index in [0.29, 0.717) is 32.8 Å². The van der Waals surface area contributed by atoms with E-state index in [-0.39, 0.29) is 12.2 Å². The van der Waals surface area contributed by atoms with Crippen LogP contribution in [0.4, 0.5) is 4.79 Å². The first kappa shape index (κ1) is 19.4. The van der Waals surface area contributed by atoms with Crippen LogP contribution in [0.3, 0.4) is 0 Å². The normalized spacial score (nSPS) is 17.1. The van der Waals surface area contributed by atoms with Crippen molar-refractivity contribution in [2.75, 3.05) is 26.2 Å². The third-order valence-corrected chi connectivity index (χ3v) is 4.44. The van der Waals surface area contributed by atoms with Crippen molar-refractivity contribution in [3.8, 4) is 0 Å². The molecule has 1 N–H and O–H groups in total. The molecule has 7 heteroatoms. The second-order valence-electron chi connectivity index (χ2n) is 6.72. The van der Waals surface area contributed by atoms with E-state index in [4.69, 9.17) is 9.47 Å². The molecule has 2 aromatic rings. The van der Waals surface area contributed by atoms with Crippen LogP contribution < -0.4 is 5.32 Å². The molecule has 27 heavy (non-hydrogen) atoms. The van der Waals surface area contributed by atoms with Gasteiger partial charge in [0.15, 0.2) is 0 Å². The fourth-order valence-electron chi connectivity index (χ4n) is 3.05. The van der Waals surface area contributed by atoms with Gasteiger partial charge in [-0.2, -0.15) is 5.10 Å². The maximum Gasteiger partial charge on any atom is 0.410 e. The number of morpholine rings is 1. The minimum Gasteiger partial charge on any atom is -0.445 e. The second-order valence-corrected chi connectivity index (χ2v) is 6.72. The molecule has 7 nitrogen and oxygen atoms in total. The molecule has 3 rings (SSSR count). The molecule has 1 saturated heterocycles. The Morgan fingerprint density at radius 2 is 2.19 bits per heavy atom. The Labute approximate surface area is 160 Å². The summed E-state index contributed by atoms with van der Waals surface area (Å²) < 4.78 is 13.1. The summed E-state index contributed by atoms with van der Waals surface area (Å²) in [5.41, 5.74) is 2.14. The molecular weight excluding hydrogens is 344 g/mol. The number of hydrogen-bond donors (Lipinski definition) is 1. The van der Waals surface area contributed by atoms with Gasteiger partial charge in [0.05, 0.1) is 25.5 Å². The van der Waals surface area contributed by atoms with Gasteiger partial charge in [-0.05, 0) is 12.0 Å². The molecule has 1 aliphatic heterocycles. The molecule has 1 atom stereocenters. The number of amides is 1. The lowest BCUT2D eigenvalue weighted by Gasteiger charge is -2.32. The predicted molar refractivity (Wildman–Crippen MR) is 102 cm³/mol. The smallest absolute Gasteiger partial charge is 0.410 e. The van der Waals surface area contributed by atoms with Crippen LogP contribution in [-0.4, -0.2) is 53.1 Å². The Bertz CT molecular complexity index is 704. The van der Waals surface area contributed by atoms with Gasteiger partial charge >= 0.3 is 6.09 Å². The highest BCUT2D eigenvalue weighted by molar-refractivity contribution is 5.67. The summed E-state index contributed by atoms with van der Waals surface area (Å²) in [5, 5.41) is 7.72. The Morgan fingerprint density at radius 3 is 3.00 bits per heavy atom. The van der Waals surface area contributed by atoms with E-state index in [1.54, 1.807) is 4.90 Å². The molecule has 0 spiro atoms. The van der Waals surface area contributed by atoms with E-state index in [0.717, 1.165) is 30.6 Å². The highest BCUT2D eigenvalue weighted by Gasteiger charge is 2.25. The van der Waals surface area contributed by atoms with E-state index >= 15 is 0 Å². The van der Waals surface area contributed by atoms with Gasteiger partial charge in [0.1, 0.15) is 6.61 Å². The molecule has 1 unspecified atom stereocenters. The molecule has 2 heterocycles. The molecule has 1 amide bonds. The summed E-state index contributed by atoms with van der Waals surface area (Å²) in [5.74, 6) is 0. The van der Waals surface area contributed by atoms with Crippen LogP contribution in [0.1, 0.15) is 24.5 Å². The molecule has 146 valence electrons. The maximum absolute atomic E-state index is 12.3. The summed E-state index contributed by atoms with van der Waals surface area (Å²) in [7, 11) is 0. The van der Waals surface area contributed by atoms with Crippen molar-refractivity contribution in [1.82, 2.24) is 20.0 Å². The van der Waals surface area contributed by atoms with E-state index < -0.39 is 0 Å². The fourth-order valence-corrected chi connectivity index (χ4v) is 3.05. The summed E-state index contributed by atoms with van der Waals surface area (Å²) >= 11 is 0. The van der Waals surface area contributed by atoms with Crippen molar-refractivity contribution in [3.63, 3.8) is 0 Å². The zero-order valence-electron chi connectivity index (χ0n) is 15.8. The Morgan fingerprint density at radius 1 is 1.33 bits per heavy atom. The predicted octanol–water partition coefficient (Wildman–Crippen LogP) is 2.42. The molecular formula is C20H28N4O3. The lowest BCUT2D eigenvalue weighted by molar-refractivity contribution is -0.0271.